The second-order valence-corrected chi connectivity index (χ2v) is 6.15. The minimum Gasteiger partial charge on any atom is -0.467 e. The molecule has 0 saturated carbocycles. The fourth-order valence-corrected chi connectivity index (χ4v) is 2.67. The Labute approximate surface area is 137 Å². The summed E-state index contributed by atoms with van der Waals surface area (Å²) >= 11 is 5.87. The average molecular weight is 351 g/mol. The molecular formula is C15H18ClF3N2O2. The second-order valence-electron chi connectivity index (χ2n) is 5.74. The molecule has 1 unspecified atom stereocenters. The zero-order valence-corrected chi connectivity index (χ0v) is 13.5. The molecule has 128 valence electrons. The molecule has 4 nitrogen and oxygen atoms in total. The van der Waals surface area contributed by atoms with Crippen molar-refractivity contribution < 1.29 is 22.7 Å². The van der Waals surface area contributed by atoms with Crippen LogP contribution in [0.2, 0.25) is 5.02 Å². The van der Waals surface area contributed by atoms with Gasteiger partial charge in [0.2, 0.25) is 5.88 Å². The summed E-state index contributed by atoms with van der Waals surface area (Å²) in [5.74, 6) is 0.0357. The van der Waals surface area contributed by atoms with E-state index in [1.807, 2.05) is 0 Å². The standard InChI is InChI=1S/C15H18ClF3N2O2/c1-10-3-2-5-21(6-4-10)14(22)11-7-12(16)13(20-8-11)23-9-15(17,18)19/h7-8,10H,2-6,9H2,1H3. The molecule has 2 heterocycles. The van der Waals surface area contributed by atoms with Crippen molar-refractivity contribution in [1.82, 2.24) is 9.88 Å². The Hall–Kier alpha value is -1.50. The first kappa shape index (κ1) is 17.8. The molecule has 0 aliphatic carbocycles. The lowest BCUT2D eigenvalue weighted by atomic mass is 10.0. The number of halogens is 4. The van der Waals surface area contributed by atoms with Crippen LogP contribution in [0.15, 0.2) is 12.3 Å². The van der Waals surface area contributed by atoms with Gasteiger partial charge in [-0.2, -0.15) is 13.2 Å². The molecule has 1 amide bonds. The third-order valence-corrected chi connectivity index (χ3v) is 4.00. The van der Waals surface area contributed by atoms with Crippen LogP contribution in [-0.4, -0.2) is 41.7 Å². The van der Waals surface area contributed by atoms with Gasteiger partial charge in [0, 0.05) is 19.3 Å². The topological polar surface area (TPSA) is 42.4 Å². The Kier molecular flexibility index (Phi) is 5.73. The first-order valence-corrected chi connectivity index (χ1v) is 7.78. The van der Waals surface area contributed by atoms with Crippen molar-refractivity contribution >= 4 is 17.5 Å². The Bertz CT molecular complexity index is 566. The molecule has 1 aliphatic rings. The van der Waals surface area contributed by atoms with E-state index in [1.165, 1.54) is 12.3 Å². The minimum atomic E-state index is -4.47. The molecule has 1 aromatic rings. The van der Waals surface area contributed by atoms with Crippen LogP contribution in [0, 0.1) is 5.92 Å². The van der Waals surface area contributed by atoms with Gasteiger partial charge in [-0.15, -0.1) is 0 Å². The molecular weight excluding hydrogens is 333 g/mol. The van der Waals surface area contributed by atoms with Gasteiger partial charge in [-0.25, -0.2) is 4.98 Å². The average Bonchev–Trinajstić information content (AvgIpc) is 2.69. The number of hydrogen-bond donors (Lipinski definition) is 0. The molecule has 1 aliphatic heterocycles. The summed E-state index contributed by atoms with van der Waals surface area (Å²) in [6, 6.07) is 1.30. The third kappa shape index (κ3) is 5.27. The maximum atomic E-state index is 12.4. The maximum absolute atomic E-state index is 12.4. The number of pyridine rings is 1. The molecule has 8 heteroatoms. The molecule has 0 spiro atoms. The van der Waals surface area contributed by atoms with Crippen LogP contribution >= 0.6 is 11.6 Å². The lowest BCUT2D eigenvalue weighted by molar-refractivity contribution is -0.154. The zero-order chi connectivity index (χ0) is 17.0. The van der Waals surface area contributed by atoms with E-state index in [0.717, 1.165) is 19.3 Å². The lowest BCUT2D eigenvalue weighted by Crippen LogP contribution is -2.32. The maximum Gasteiger partial charge on any atom is 0.422 e. The van der Waals surface area contributed by atoms with Gasteiger partial charge in [0.05, 0.1) is 5.56 Å². The highest BCUT2D eigenvalue weighted by Gasteiger charge is 2.29. The summed E-state index contributed by atoms with van der Waals surface area (Å²) < 4.78 is 40.9. The van der Waals surface area contributed by atoms with Crippen LogP contribution in [0.5, 0.6) is 5.88 Å². The summed E-state index contributed by atoms with van der Waals surface area (Å²) in [4.78, 5) is 17.9. The monoisotopic (exact) mass is 350 g/mol. The van der Waals surface area contributed by atoms with Crippen LogP contribution in [0.1, 0.15) is 36.5 Å². The van der Waals surface area contributed by atoms with Crippen molar-refractivity contribution in [2.45, 2.75) is 32.4 Å². The smallest absolute Gasteiger partial charge is 0.422 e. The quantitative estimate of drug-likeness (QED) is 0.829. The third-order valence-electron chi connectivity index (χ3n) is 3.73. The molecule has 0 radical (unpaired) electrons. The zero-order valence-electron chi connectivity index (χ0n) is 12.7. The number of amides is 1. The van der Waals surface area contributed by atoms with E-state index in [0.29, 0.717) is 19.0 Å². The molecule has 1 saturated heterocycles. The summed E-state index contributed by atoms with van der Waals surface area (Å²) in [6.45, 7) is 1.99. The number of alkyl halides is 3. The second kappa shape index (κ2) is 7.38. The van der Waals surface area contributed by atoms with Crippen LogP contribution in [-0.2, 0) is 0 Å². The van der Waals surface area contributed by atoms with Gasteiger partial charge in [-0.05, 0) is 31.2 Å². The Morgan fingerprint density at radius 1 is 1.43 bits per heavy atom. The van der Waals surface area contributed by atoms with E-state index >= 15 is 0 Å². The summed E-state index contributed by atoms with van der Waals surface area (Å²) in [7, 11) is 0. The van der Waals surface area contributed by atoms with Crippen molar-refractivity contribution in [3.63, 3.8) is 0 Å². The van der Waals surface area contributed by atoms with Gasteiger partial charge in [0.25, 0.3) is 5.91 Å². The lowest BCUT2D eigenvalue weighted by Gasteiger charge is -2.20. The molecule has 1 fully saturated rings. The number of likely N-dealkylation sites (tertiary alicyclic amines) is 1. The van der Waals surface area contributed by atoms with E-state index in [4.69, 9.17) is 11.6 Å². The van der Waals surface area contributed by atoms with Crippen LogP contribution in [0.25, 0.3) is 0 Å². The molecule has 0 N–H and O–H groups in total. The van der Waals surface area contributed by atoms with E-state index in [1.54, 1.807) is 4.90 Å². The van der Waals surface area contributed by atoms with E-state index in [2.05, 4.69) is 16.6 Å². The van der Waals surface area contributed by atoms with Crippen LogP contribution < -0.4 is 4.74 Å². The summed E-state index contributed by atoms with van der Waals surface area (Å²) in [5, 5.41) is -0.108. The molecule has 0 aromatic carbocycles. The highest BCUT2D eigenvalue weighted by molar-refractivity contribution is 6.32. The van der Waals surface area contributed by atoms with Crippen LogP contribution in [0.3, 0.4) is 0 Å². The first-order valence-electron chi connectivity index (χ1n) is 7.40. The van der Waals surface area contributed by atoms with Gasteiger partial charge in [-0.3, -0.25) is 4.79 Å². The van der Waals surface area contributed by atoms with Crippen molar-refractivity contribution in [3.8, 4) is 5.88 Å². The molecule has 1 atom stereocenters. The SMILES string of the molecule is CC1CCCN(C(=O)c2cnc(OCC(F)(F)F)c(Cl)c2)CC1. The summed E-state index contributed by atoms with van der Waals surface area (Å²) in [5.41, 5.74) is 0.254. The van der Waals surface area contributed by atoms with E-state index in [9.17, 15) is 18.0 Å². The van der Waals surface area contributed by atoms with Crippen molar-refractivity contribution in [3.05, 3.63) is 22.8 Å². The van der Waals surface area contributed by atoms with Gasteiger partial charge in [-0.1, -0.05) is 18.5 Å². The van der Waals surface area contributed by atoms with Crippen molar-refractivity contribution in [1.29, 1.82) is 0 Å². The predicted octanol–water partition coefficient (Wildman–Crippen LogP) is 3.94. The van der Waals surface area contributed by atoms with Gasteiger partial charge in [0.1, 0.15) is 5.02 Å². The van der Waals surface area contributed by atoms with Crippen LogP contribution in [0.4, 0.5) is 13.2 Å². The molecule has 0 bridgehead atoms. The fourth-order valence-electron chi connectivity index (χ4n) is 2.45. The Balaban J connectivity index is 2.05. The first-order chi connectivity index (χ1) is 10.8. The number of carbonyl (C=O) groups is 1. The Morgan fingerprint density at radius 2 is 2.17 bits per heavy atom. The molecule has 23 heavy (non-hydrogen) atoms. The predicted molar refractivity (Wildman–Crippen MR) is 79.7 cm³/mol. The Morgan fingerprint density at radius 3 is 2.83 bits per heavy atom. The highest BCUT2D eigenvalue weighted by Crippen LogP contribution is 2.26. The number of carbonyl (C=O) groups excluding carboxylic acids is 1. The van der Waals surface area contributed by atoms with Gasteiger partial charge in [0.15, 0.2) is 6.61 Å². The largest absolute Gasteiger partial charge is 0.467 e. The number of aromatic nitrogens is 1. The van der Waals surface area contributed by atoms with E-state index < -0.39 is 12.8 Å². The van der Waals surface area contributed by atoms with Gasteiger partial charge >= 0.3 is 6.18 Å². The highest BCUT2D eigenvalue weighted by atomic mass is 35.5. The number of hydrogen-bond acceptors (Lipinski definition) is 3. The number of nitrogens with zero attached hydrogens (tertiary/aromatic N) is 2. The number of rotatable bonds is 3. The molecule has 2 rings (SSSR count). The minimum absolute atomic E-state index is 0.108. The fraction of sp³-hybridized carbons (Fsp3) is 0.600. The van der Waals surface area contributed by atoms with Crippen molar-refractivity contribution in [2.75, 3.05) is 19.7 Å². The van der Waals surface area contributed by atoms with Gasteiger partial charge < -0.3 is 9.64 Å². The molecule has 1 aromatic heterocycles. The van der Waals surface area contributed by atoms with Crippen molar-refractivity contribution in [2.24, 2.45) is 5.92 Å². The number of ether oxygens (including phenoxy) is 1. The van der Waals surface area contributed by atoms with E-state index in [-0.39, 0.29) is 22.4 Å². The summed E-state index contributed by atoms with van der Waals surface area (Å²) in [6.07, 6.45) is -0.329. The normalized spacial score (nSPS) is 19.3.